The topological polar surface area (TPSA) is 21.3 Å². The van der Waals surface area contributed by atoms with E-state index in [1.54, 1.807) is 7.11 Å². The van der Waals surface area contributed by atoms with Gasteiger partial charge in [0, 0.05) is 25.0 Å². The van der Waals surface area contributed by atoms with E-state index in [0.717, 1.165) is 24.4 Å². The summed E-state index contributed by atoms with van der Waals surface area (Å²) in [5.74, 6) is 0. The lowest BCUT2D eigenvalue weighted by molar-refractivity contribution is 0.192. The molecule has 1 aliphatic rings. The summed E-state index contributed by atoms with van der Waals surface area (Å²) in [5.41, 5.74) is 0. The van der Waals surface area contributed by atoms with Gasteiger partial charge in [-0.05, 0) is 44.9 Å². The van der Waals surface area contributed by atoms with Gasteiger partial charge in [-0.3, -0.25) is 0 Å². The minimum absolute atomic E-state index is 0.787. The molecule has 3 heteroatoms. The molecule has 0 amide bonds. The highest BCUT2D eigenvalue weighted by molar-refractivity contribution is 7.99. The molecule has 84 valence electrons. The van der Waals surface area contributed by atoms with Crippen molar-refractivity contribution in [3.8, 4) is 0 Å². The van der Waals surface area contributed by atoms with Crippen LogP contribution in [0, 0.1) is 0 Å². The van der Waals surface area contributed by atoms with Gasteiger partial charge in [0.25, 0.3) is 0 Å². The van der Waals surface area contributed by atoms with Crippen molar-refractivity contribution in [3.63, 3.8) is 0 Å². The Morgan fingerprint density at radius 2 is 2.21 bits per heavy atom. The van der Waals surface area contributed by atoms with Gasteiger partial charge < -0.3 is 10.1 Å². The van der Waals surface area contributed by atoms with Gasteiger partial charge in [0.2, 0.25) is 0 Å². The molecular formula is C11H23NOS. The quantitative estimate of drug-likeness (QED) is 0.661. The largest absolute Gasteiger partial charge is 0.385 e. The molecule has 2 nitrogen and oxygen atoms in total. The molecule has 0 aromatic rings. The molecule has 2 unspecified atom stereocenters. The minimum atomic E-state index is 0.787. The Morgan fingerprint density at radius 1 is 1.36 bits per heavy atom. The predicted octanol–water partition coefficient (Wildman–Crippen LogP) is 2.29. The molecular weight excluding hydrogens is 194 g/mol. The van der Waals surface area contributed by atoms with E-state index in [9.17, 15) is 0 Å². The number of unbranched alkanes of at least 4 members (excludes halogenated alkanes) is 1. The molecule has 0 bridgehead atoms. The zero-order chi connectivity index (χ0) is 10.2. The van der Waals surface area contributed by atoms with Crippen LogP contribution in [0.5, 0.6) is 0 Å². The standard InChI is InChI=1S/C11H23NOS/c1-13-8-4-3-7-12-10-5-6-11(9-10)14-2/h10-12H,3-9H2,1-2H3. The van der Waals surface area contributed by atoms with E-state index in [1.165, 1.54) is 32.1 Å². The molecule has 1 N–H and O–H groups in total. The molecule has 1 rings (SSSR count). The SMILES string of the molecule is COCCCCNC1CCC(SC)C1. The summed E-state index contributed by atoms with van der Waals surface area (Å²) in [6.45, 7) is 2.06. The minimum Gasteiger partial charge on any atom is -0.385 e. The van der Waals surface area contributed by atoms with Gasteiger partial charge in [-0.1, -0.05) is 0 Å². The fourth-order valence-electron chi connectivity index (χ4n) is 2.02. The van der Waals surface area contributed by atoms with E-state index >= 15 is 0 Å². The lowest BCUT2D eigenvalue weighted by atomic mass is 10.2. The highest BCUT2D eigenvalue weighted by Crippen LogP contribution is 2.27. The first kappa shape index (κ1) is 12.3. The molecule has 0 heterocycles. The van der Waals surface area contributed by atoms with Crippen molar-refractivity contribution in [3.05, 3.63) is 0 Å². The van der Waals surface area contributed by atoms with E-state index in [-0.39, 0.29) is 0 Å². The van der Waals surface area contributed by atoms with Crippen LogP contribution in [-0.4, -0.2) is 37.8 Å². The maximum atomic E-state index is 5.02. The van der Waals surface area contributed by atoms with Crippen LogP contribution in [0.15, 0.2) is 0 Å². The van der Waals surface area contributed by atoms with Gasteiger partial charge in [0.05, 0.1) is 0 Å². The third-order valence-corrected chi connectivity index (χ3v) is 4.02. The molecule has 0 aliphatic heterocycles. The van der Waals surface area contributed by atoms with Gasteiger partial charge in [0.15, 0.2) is 0 Å². The Kier molecular flexibility index (Phi) is 6.65. The molecule has 0 aromatic carbocycles. The van der Waals surface area contributed by atoms with Crippen LogP contribution in [0.1, 0.15) is 32.1 Å². The number of rotatable bonds is 7. The van der Waals surface area contributed by atoms with Crippen molar-refractivity contribution in [1.82, 2.24) is 5.32 Å². The van der Waals surface area contributed by atoms with Crippen molar-refractivity contribution in [2.24, 2.45) is 0 Å². The molecule has 2 atom stereocenters. The summed E-state index contributed by atoms with van der Waals surface area (Å²) in [5, 5.41) is 4.54. The normalized spacial score (nSPS) is 27.0. The smallest absolute Gasteiger partial charge is 0.0462 e. The monoisotopic (exact) mass is 217 g/mol. The van der Waals surface area contributed by atoms with Gasteiger partial charge >= 0.3 is 0 Å². The first-order valence-corrected chi connectivity index (χ1v) is 6.90. The fourth-order valence-corrected chi connectivity index (χ4v) is 2.81. The van der Waals surface area contributed by atoms with Crippen LogP contribution in [0.2, 0.25) is 0 Å². The van der Waals surface area contributed by atoms with Crippen LogP contribution < -0.4 is 5.32 Å². The number of hydrogen-bond acceptors (Lipinski definition) is 3. The highest BCUT2D eigenvalue weighted by Gasteiger charge is 2.22. The fraction of sp³-hybridized carbons (Fsp3) is 1.00. The van der Waals surface area contributed by atoms with Gasteiger partial charge in [-0.25, -0.2) is 0 Å². The summed E-state index contributed by atoms with van der Waals surface area (Å²) in [6.07, 6.45) is 8.79. The number of ether oxygens (including phenoxy) is 1. The third-order valence-electron chi connectivity index (χ3n) is 2.93. The van der Waals surface area contributed by atoms with Gasteiger partial charge in [-0.2, -0.15) is 11.8 Å². The Balaban J connectivity index is 1.92. The number of thioether (sulfide) groups is 1. The second-order valence-corrected chi connectivity index (χ2v) is 5.16. The zero-order valence-corrected chi connectivity index (χ0v) is 10.2. The molecule has 0 spiro atoms. The van der Waals surface area contributed by atoms with E-state index in [0.29, 0.717) is 0 Å². The van der Waals surface area contributed by atoms with Crippen LogP contribution in [0.4, 0.5) is 0 Å². The van der Waals surface area contributed by atoms with Crippen LogP contribution in [0.25, 0.3) is 0 Å². The lowest BCUT2D eigenvalue weighted by Gasteiger charge is -2.12. The predicted molar refractivity (Wildman–Crippen MR) is 64.1 cm³/mol. The van der Waals surface area contributed by atoms with E-state index in [1.807, 2.05) is 11.8 Å². The molecule has 1 aliphatic carbocycles. The molecule has 0 saturated heterocycles. The van der Waals surface area contributed by atoms with Gasteiger partial charge in [-0.15, -0.1) is 0 Å². The second kappa shape index (κ2) is 7.55. The van der Waals surface area contributed by atoms with Crippen molar-refractivity contribution in [1.29, 1.82) is 0 Å². The molecule has 1 fully saturated rings. The summed E-state index contributed by atoms with van der Waals surface area (Å²) in [4.78, 5) is 0. The Labute approximate surface area is 92.2 Å². The van der Waals surface area contributed by atoms with Crippen LogP contribution in [-0.2, 0) is 4.74 Å². The summed E-state index contributed by atoms with van der Waals surface area (Å²) >= 11 is 2.02. The van der Waals surface area contributed by atoms with Gasteiger partial charge in [0.1, 0.15) is 0 Å². The summed E-state index contributed by atoms with van der Waals surface area (Å²) in [7, 11) is 1.77. The number of methoxy groups -OCH3 is 1. The maximum Gasteiger partial charge on any atom is 0.0462 e. The Hall–Kier alpha value is 0.270. The first-order chi connectivity index (χ1) is 6.86. The van der Waals surface area contributed by atoms with Crippen molar-refractivity contribution >= 4 is 11.8 Å². The number of hydrogen-bond donors (Lipinski definition) is 1. The molecule has 0 radical (unpaired) electrons. The Morgan fingerprint density at radius 3 is 2.86 bits per heavy atom. The summed E-state index contributed by atoms with van der Waals surface area (Å²) in [6, 6.07) is 0.787. The third kappa shape index (κ3) is 4.67. The molecule has 0 aromatic heterocycles. The average molecular weight is 217 g/mol. The number of nitrogens with one attached hydrogen (secondary N) is 1. The van der Waals surface area contributed by atoms with Crippen LogP contribution in [0.3, 0.4) is 0 Å². The van der Waals surface area contributed by atoms with Crippen molar-refractivity contribution < 1.29 is 4.74 Å². The molecule has 14 heavy (non-hydrogen) atoms. The summed E-state index contributed by atoms with van der Waals surface area (Å²) < 4.78 is 5.02. The Bertz CT molecular complexity index is 143. The molecule has 1 saturated carbocycles. The highest BCUT2D eigenvalue weighted by atomic mass is 32.2. The second-order valence-electron chi connectivity index (χ2n) is 4.02. The average Bonchev–Trinajstić information content (AvgIpc) is 2.65. The van der Waals surface area contributed by atoms with Crippen molar-refractivity contribution in [2.75, 3.05) is 26.5 Å². The van der Waals surface area contributed by atoms with E-state index < -0.39 is 0 Å². The maximum absolute atomic E-state index is 5.02. The van der Waals surface area contributed by atoms with Crippen LogP contribution >= 0.6 is 11.8 Å². The zero-order valence-electron chi connectivity index (χ0n) is 9.42. The first-order valence-electron chi connectivity index (χ1n) is 5.62. The van der Waals surface area contributed by atoms with Crippen molar-refractivity contribution in [2.45, 2.75) is 43.4 Å². The van der Waals surface area contributed by atoms with E-state index in [4.69, 9.17) is 4.74 Å². The van der Waals surface area contributed by atoms with E-state index in [2.05, 4.69) is 11.6 Å². The lowest BCUT2D eigenvalue weighted by Crippen LogP contribution is -2.27.